The van der Waals surface area contributed by atoms with Crippen LogP contribution in [0.1, 0.15) is 21.0 Å². The van der Waals surface area contributed by atoms with E-state index in [0.29, 0.717) is 24.5 Å². The molecule has 0 radical (unpaired) electrons. The fourth-order valence-electron chi connectivity index (χ4n) is 2.35. The number of anilines is 1. The molecule has 11 heteroatoms. The number of carbonyl (C=O) groups is 2. The standard InChI is InChI=1S/C18H16F2N6O3/c1-29-10-9-21-18(28)16-23-25-26(24-16)12-7-5-11(6-8-12)22-17(27)15-13(19)3-2-4-14(15)20/h2-8H,9-10H2,1H3,(H,21,28)(H,22,27). The Morgan fingerprint density at radius 1 is 1.07 bits per heavy atom. The summed E-state index contributed by atoms with van der Waals surface area (Å²) < 4.78 is 32.2. The molecule has 29 heavy (non-hydrogen) atoms. The van der Waals surface area contributed by atoms with Gasteiger partial charge in [-0.25, -0.2) is 8.78 Å². The van der Waals surface area contributed by atoms with Gasteiger partial charge in [0.2, 0.25) is 0 Å². The van der Waals surface area contributed by atoms with Gasteiger partial charge in [0.15, 0.2) is 0 Å². The first-order valence-electron chi connectivity index (χ1n) is 8.42. The molecule has 150 valence electrons. The number of rotatable bonds is 7. The lowest BCUT2D eigenvalue weighted by atomic mass is 10.1. The minimum atomic E-state index is -0.956. The summed E-state index contributed by atoms with van der Waals surface area (Å²) in [7, 11) is 1.51. The van der Waals surface area contributed by atoms with Crippen LogP contribution >= 0.6 is 0 Å². The van der Waals surface area contributed by atoms with Gasteiger partial charge in [0.1, 0.15) is 17.2 Å². The van der Waals surface area contributed by atoms with Crippen LogP contribution in [-0.2, 0) is 4.74 Å². The van der Waals surface area contributed by atoms with Crippen molar-refractivity contribution in [3.8, 4) is 5.69 Å². The quantitative estimate of drug-likeness (QED) is 0.581. The minimum absolute atomic E-state index is 0.117. The molecule has 0 unspecified atom stereocenters. The van der Waals surface area contributed by atoms with Crippen molar-refractivity contribution in [2.24, 2.45) is 0 Å². The molecule has 0 spiro atoms. The molecule has 0 saturated carbocycles. The largest absolute Gasteiger partial charge is 0.383 e. The Morgan fingerprint density at radius 2 is 1.76 bits per heavy atom. The molecule has 0 saturated heterocycles. The van der Waals surface area contributed by atoms with Gasteiger partial charge in [0, 0.05) is 19.3 Å². The number of carbonyl (C=O) groups excluding carboxylic acids is 2. The van der Waals surface area contributed by atoms with E-state index in [2.05, 4.69) is 26.0 Å². The van der Waals surface area contributed by atoms with Crippen molar-refractivity contribution in [3.63, 3.8) is 0 Å². The van der Waals surface area contributed by atoms with Crippen LogP contribution in [0.25, 0.3) is 5.69 Å². The molecule has 3 aromatic rings. The second kappa shape index (κ2) is 8.97. The lowest BCUT2D eigenvalue weighted by Crippen LogP contribution is -2.28. The van der Waals surface area contributed by atoms with Crippen molar-refractivity contribution < 1.29 is 23.1 Å². The number of ether oxygens (including phenoxy) is 1. The summed E-state index contributed by atoms with van der Waals surface area (Å²) in [6, 6.07) is 9.25. The van der Waals surface area contributed by atoms with E-state index in [9.17, 15) is 18.4 Å². The Kier molecular flexibility index (Phi) is 6.19. The lowest BCUT2D eigenvalue weighted by molar-refractivity contribution is 0.0926. The van der Waals surface area contributed by atoms with Gasteiger partial charge in [0.05, 0.1) is 12.3 Å². The van der Waals surface area contributed by atoms with Crippen LogP contribution in [0.4, 0.5) is 14.5 Å². The number of benzene rings is 2. The number of nitrogens with zero attached hydrogens (tertiary/aromatic N) is 4. The third-order valence-corrected chi connectivity index (χ3v) is 3.75. The number of amides is 2. The molecule has 2 N–H and O–H groups in total. The van der Waals surface area contributed by atoms with Crippen molar-refractivity contribution in [1.29, 1.82) is 0 Å². The highest BCUT2D eigenvalue weighted by atomic mass is 19.1. The van der Waals surface area contributed by atoms with Crippen LogP contribution in [0.5, 0.6) is 0 Å². The first kappa shape index (κ1) is 20.0. The van der Waals surface area contributed by atoms with Crippen molar-refractivity contribution >= 4 is 17.5 Å². The van der Waals surface area contributed by atoms with E-state index in [1.807, 2.05) is 0 Å². The van der Waals surface area contributed by atoms with Crippen LogP contribution in [0.15, 0.2) is 42.5 Å². The van der Waals surface area contributed by atoms with E-state index >= 15 is 0 Å². The van der Waals surface area contributed by atoms with Gasteiger partial charge in [-0.3, -0.25) is 9.59 Å². The molecular weight excluding hydrogens is 386 g/mol. The van der Waals surface area contributed by atoms with Crippen molar-refractivity contribution in [1.82, 2.24) is 25.5 Å². The number of halogens is 2. The number of hydrogen-bond acceptors (Lipinski definition) is 6. The summed E-state index contributed by atoms with van der Waals surface area (Å²) in [4.78, 5) is 25.1. The molecule has 1 heterocycles. The molecule has 0 aliphatic rings. The molecule has 0 aliphatic carbocycles. The maximum Gasteiger partial charge on any atom is 0.292 e. The Balaban J connectivity index is 1.68. The Labute approximate surface area is 163 Å². The molecule has 0 bridgehead atoms. The normalized spacial score (nSPS) is 10.6. The molecule has 0 fully saturated rings. The number of tetrazole rings is 1. The average Bonchev–Trinajstić information content (AvgIpc) is 3.19. The van der Waals surface area contributed by atoms with E-state index in [-0.39, 0.29) is 5.82 Å². The van der Waals surface area contributed by atoms with Gasteiger partial charge in [0.25, 0.3) is 17.6 Å². The van der Waals surface area contributed by atoms with Gasteiger partial charge in [-0.2, -0.15) is 0 Å². The van der Waals surface area contributed by atoms with Crippen molar-refractivity contribution in [2.45, 2.75) is 0 Å². The maximum atomic E-state index is 13.7. The SMILES string of the molecule is COCCNC(=O)c1nnn(-c2ccc(NC(=O)c3c(F)cccc3F)cc2)n1. The van der Waals surface area contributed by atoms with Crippen molar-refractivity contribution in [2.75, 3.05) is 25.6 Å². The van der Waals surface area contributed by atoms with Crippen LogP contribution in [0.2, 0.25) is 0 Å². The number of nitrogens with one attached hydrogen (secondary N) is 2. The van der Waals surface area contributed by atoms with Gasteiger partial charge >= 0.3 is 0 Å². The van der Waals surface area contributed by atoms with E-state index in [0.717, 1.165) is 16.9 Å². The first-order chi connectivity index (χ1) is 14.0. The van der Waals surface area contributed by atoms with Crippen LogP contribution in [-0.4, -0.2) is 52.3 Å². The maximum absolute atomic E-state index is 13.7. The zero-order valence-corrected chi connectivity index (χ0v) is 15.2. The number of hydrogen-bond donors (Lipinski definition) is 2. The summed E-state index contributed by atoms with van der Waals surface area (Å²) >= 11 is 0. The lowest BCUT2D eigenvalue weighted by Gasteiger charge is -2.07. The molecule has 2 amide bonds. The Morgan fingerprint density at radius 3 is 2.41 bits per heavy atom. The average molecular weight is 402 g/mol. The van der Waals surface area contributed by atoms with Crippen LogP contribution in [0.3, 0.4) is 0 Å². The summed E-state index contributed by atoms with van der Waals surface area (Å²) in [6.45, 7) is 0.657. The van der Waals surface area contributed by atoms with E-state index < -0.39 is 29.0 Å². The van der Waals surface area contributed by atoms with Gasteiger partial charge < -0.3 is 15.4 Å². The second-order valence-electron chi connectivity index (χ2n) is 5.75. The number of methoxy groups -OCH3 is 1. The number of aromatic nitrogens is 4. The zero-order valence-electron chi connectivity index (χ0n) is 15.2. The van der Waals surface area contributed by atoms with E-state index in [1.54, 1.807) is 12.1 Å². The summed E-state index contributed by atoms with van der Waals surface area (Å²) in [5, 5.41) is 16.4. The Bertz CT molecular complexity index is 1000. The third-order valence-electron chi connectivity index (χ3n) is 3.75. The predicted molar refractivity (Wildman–Crippen MR) is 97.7 cm³/mol. The minimum Gasteiger partial charge on any atom is -0.383 e. The third kappa shape index (κ3) is 4.76. The molecule has 0 aliphatic heterocycles. The monoisotopic (exact) mass is 402 g/mol. The summed E-state index contributed by atoms with van der Waals surface area (Å²) in [5.41, 5.74) is 0.0983. The molecule has 2 aromatic carbocycles. The molecule has 3 rings (SSSR count). The fraction of sp³-hybridized carbons (Fsp3) is 0.167. The highest BCUT2D eigenvalue weighted by Gasteiger charge is 2.17. The van der Waals surface area contributed by atoms with Gasteiger partial charge in [-0.05, 0) is 41.6 Å². The smallest absolute Gasteiger partial charge is 0.292 e. The summed E-state index contributed by atoms with van der Waals surface area (Å²) in [5.74, 6) is -3.44. The molecule has 0 atom stereocenters. The second-order valence-corrected chi connectivity index (χ2v) is 5.75. The highest BCUT2D eigenvalue weighted by Crippen LogP contribution is 2.16. The molecule has 9 nitrogen and oxygen atoms in total. The van der Waals surface area contributed by atoms with Gasteiger partial charge in [-0.1, -0.05) is 6.07 Å². The fourth-order valence-corrected chi connectivity index (χ4v) is 2.35. The predicted octanol–water partition coefficient (Wildman–Crippen LogP) is 1.57. The van der Waals surface area contributed by atoms with E-state index in [1.165, 1.54) is 25.3 Å². The Hall–Kier alpha value is -3.73. The first-order valence-corrected chi connectivity index (χ1v) is 8.42. The highest BCUT2D eigenvalue weighted by molar-refractivity contribution is 6.04. The molecule has 1 aromatic heterocycles. The van der Waals surface area contributed by atoms with Gasteiger partial charge in [-0.15, -0.1) is 15.0 Å². The molecular formula is C18H16F2N6O3. The van der Waals surface area contributed by atoms with Crippen LogP contribution < -0.4 is 10.6 Å². The van der Waals surface area contributed by atoms with Crippen molar-refractivity contribution in [3.05, 3.63) is 65.5 Å². The topological polar surface area (TPSA) is 111 Å². The zero-order chi connectivity index (χ0) is 20.8. The van der Waals surface area contributed by atoms with E-state index in [4.69, 9.17) is 4.74 Å². The summed E-state index contributed by atoms with van der Waals surface area (Å²) in [6.07, 6.45) is 0. The van der Waals surface area contributed by atoms with Crippen LogP contribution in [0, 0.1) is 11.6 Å².